The Hall–Kier alpha value is -2.44. The molecule has 0 amide bonds. The summed E-state index contributed by atoms with van der Waals surface area (Å²) in [5, 5.41) is 56.5. The molecule has 15 nitrogen and oxygen atoms in total. The molecule has 19 atom stereocenters. The largest absolute Gasteiger partial charge is 0.497 e. The van der Waals surface area contributed by atoms with Gasteiger partial charge in [0.25, 0.3) is 0 Å². The number of carbonyl (C=O) groups excluding carboxylic acids is 2. The predicted octanol–water partition coefficient (Wildman–Crippen LogP) is 4.37. The monoisotopic (exact) mass is 904 g/mol. The van der Waals surface area contributed by atoms with Crippen LogP contribution in [0.15, 0.2) is 24.3 Å². The lowest BCUT2D eigenvalue weighted by molar-refractivity contribution is -0.340. The Kier molecular flexibility index (Phi) is 16.4. The number of hydrogen-bond acceptors (Lipinski definition) is 15. The minimum Gasteiger partial charge on any atom is -0.497 e. The zero-order valence-corrected chi connectivity index (χ0v) is 38.8. The van der Waals surface area contributed by atoms with Gasteiger partial charge in [-0.15, -0.1) is 0 Å². The third-order valence-corrected chi connectivity index (χ3v) is 16.8. The highest BCUT2D eigenvalue weighted by molar-refractivity contribution is 5.89. The highest BCUT2D eigenvalue weighted by Gasteiger charge is 2.64. The molecule has 2 saturated heterocycles. The average Bonchev–Trinajstić information content (AvgIpc) is 3.57. The molecule has 0 bridgehead atoms. The van der Waals surface area contributed by atoms with Crippen LogP contribution in [0, 0.1) is 52.3 Å². The summed E-state index contributed by atoms with van der Waals surface area (Å²) in [6, 6.07) is 6.19. The van der Waals surface area contributed by atoms with E-state index in [1.54, 1.807) is 12.1 Å². The summed E-state index contributed by atoms with van der Waals surface area (Å²) in [5.41, 5.74) is 0.337. The maximum absolute atomic E-state index is 13.3. The first kappa shape index (κ1) is 49.5. The molecule has 4 saturated carbocycles. The first-order valence-electron chi connectivity index (χ1n) is 24.2. The third kappa shape index (κ3) is 10.5. The van der Waals surface area contributed by atoms with E-state index in [4.69, 9.17) is 33.2 Å². The molecule has 1 aromatic rings. The van der Waals surface area contributed by atoms with Gasteiger partial charge in [-0.1, -0.05) is 40.5 Å². The van der Waals surface area contributed by atoms with Gasteiger partial charge in [0.2, 0.25) is 0 Å². The van der Waals surface area contributed by atoms with Gasteiger partial charge in [-0.3, -0.25) is 4.79 Å². The number of rotatable bonds is 17. The van der Waals surface area contributed by atoms with Gasteiger partial charge in [0, 0.05) is 13.5 Å². The molecule has 0 radical (unpaired) electrons. The van der Waals surface area contributed by atoms with Crippen LogP contribution >= 0.6 is 0 Å². The van der Waals surface area contributed by atoms with Gasteiger partial charge in [-0.2, -0.15) is 0 Å². The molecule has 6 aliphatic rings. The molecule has 2 aliphatic heterocycles. The van der Waals surface area contributed by atoms with Crippen molar-refractivity contribution >= 4 is 11.9 Å². The van der Waals surface area contributed by atoms with Crippen LogP contribution in [0.1, 0.15) is 116 Å². The summed E-state index contributed by atoms with van der Waals surface area (Å²) < 4.78 is 42.5. The molecule has 6 fully saturated rings. The summed E-state index contributed by atoms with van der Waals surface area (Å²) in [4.78, 5) is 26.2. The fourth-order valence-electron chi connectivity index (χ4n) is 13.5. The van der Waals surface area contributed by atoms with E-state index in [0.29, 0.717) is 47.8 Å². The molecule has 64 heavy (non-hydrogen) atoms. The molecule has 4 aliphatic carbocycles. The molecule has 15 heteroatoms. The minimum atomic E-state index is -1.60. The van der Waals surface area contributed by atoms with Gasteiger partial charge in [0.05, 0.1) is 44.7 Å². The summed E-state index contributed by atoms with van der Waals surface area (Å²) in [6.45, 7) is 11.8. The van der Waals surface area contributed by atoms with Crippen molar-refractivity contribution in [2.45, 2.75) is 167 Å². The van der Waals surface area contributed by atoms with Crippen LogP contribution in [0.3, 0.4) is 0 Å². The van der Waals surface area contributed by atoms with E-state index in [1.165, 1.54) is 26.2 Å². The molecule has 3 unspecified atom stereocenters. The fraction of sp³-hybridized carbons (Fsp3) is 0.837. The number of methoxy groups -OCH3 is 1. The lowest BCUT2D eigenvalue weighted by Gasteiger charge is -2.61. The van der Waals surface area contributed by atoms with Crippen LogP contribution in [0.4, 0.5) is 0 Å². The molecule has 0 spiro atoms. The Morgan fingerprint density at radius 3 is 2.23 bits per heavy atom. The molecule has 7 rings (SSSR count). The van der Waals surface area contributed by atoms with Crippen LogP contribution < -0.4 is 10.1 Å². The van der Waals surface area contributed by atoms with Crippen molar-refractivity contribution in [2.24, 2.45) is 52.3 Å². The standard InChI is InChI=1S/C49H77NO14/c1-27(24-50-20-21-51)8-7-9-28(2)40-39(23-36-34-15-12-31-22-32(53)16-18-48(31,4)35(34)17-19-49(36,40)5)62-47-44(61-29(3)52)42(38(55)26-60-47)64-46-43(41(56)37(54)25-59-46)63-45(57)30-10-13-33(58-6)14-11-30/h10-11,13-14,27-28,31-32,34-44,46-47,50-51,53-56H,7-9,12,15-26H2,1-6H3/t27-,28-,31+,32+,34?,35?,36?,37-,38+,39+,40+,41+,42+,43-,44-,46+,47+,48+,49+/m1/s1. The van der Waals surface area contributed by atoms with E-state index in [9.17, 15) is 35.1 Å². The van der Waals surface area contributed by atoms with Crippen molar-refractivity contribution in [3.8, 4) is 5.75 Å². The lowest BCUT2D eigenvalue weighted by Crippen LogP contribution is -2.62. The Balaban J connectivity index is 1.13. The van der Waals surface area contributed by atoms with Crippen molar-refractivity contribution in [1.29, 1.82) is 0 Å². The highest BCUT2D eigenvalue weighted by Crippen LogP contribution is 2.69. The second-order valence-corrected chi connectivity index (χ2v) is 20.8. The summed E-state index contributed by atoms with van der Waals surface area (Å²) in [7, 11) is 1.50. The zero-order chi connectivity index (χ0) is 45.9. The number of esters is 2. The molecule has 362 valence electrons. The molecule has 0 aromatic heterocycles. The van der Waals surface area contributed by atoms with E-state index >= 15 is 0 Å². The summed E-state index contributed by atoms with van der Waals surface area (Å²) in [5.74, 6) is 2.02. The van der Waals surface area contributed by atoms with Gasteiger partial charge < -0.3 is 64.0 Å². The Labute approximate surface area is 379 Å². The average molecular weight is 904 g/mol. The molecular formula is C49H77NO14. The first-order chi connectivity index (χ1) is 30.6. The van der Waals surface area contributed by atoms with E-state index in [-0.39, 0.29) is 54.3 Å². The van der Waals surface area contributed by atoms with Crippen LogP contribution in [0.25, 0.3) is 0 Å². The van der Waals surface area contributed by atoms with Crippen molar-refractivity contribution in [3.05, 3.63) is 29.8 Å². The van der Waals surface area contributed by atoms with Gasteiger partial charge in [-0.05, 0) is 141 Å². The summed E-state index contributed by atoms with van der Waals surface area (Å²) in [6.07, 6.45) is -0.212. The van der Waals surface area contributed by atoms with Gasteiger partial charge in [0.15, 0.2) is 24.8 Å². The molecule has 2 heterocycles. The molecular weight excluding hydrogens is 827 g/mol. The second kappa shape index (κ2) is 21.2. The normalized spacial score (nSPS) is 41.8. The van der Waals surface area contributed by atoms with Crippen LogP contribution in [-0.2, 0) is 33.2 Å². The van der Waals surface area contributed by atoms with Crippen LogP contribution in [0.5, 0.6) is 5.75 Å². The highest BCUT2D eigenvalue weighted by atomic mass is 16.7. The molecule has 1 aromatic carbocycles. The number of carbonyl (C=O) groups is 2. The maximum Gasteiger partial charge on any atom is 0.338 e. The van der Waals surface area contributed by atoms with Crippen molar-refractivity contribution < 1.29 is 68.3 Å². The number of aliphatic hydroxyl groups is 5. The van der Waals surface area contributed by atoms with E-state index in [1.807, 2.05) is 0 Å². The quantitative estimate of drug-likeness (QED) is 0.0947. The van der Waals surface area contributed by atoms with Gasteiger partial charge >= 0.3 is 11.9 Å². The number of ether oxygens (including phenoxy) is 7. The number of hydrogen-bond donors (Lipinski definition) is 6. The smallest absolute Gasteiger partial charge is 0.338 e. The topological polar surface area (TPSA) is 212 Å². The van der Waals surface area contributed by atoms with E-state index in [0.717, 1.165) is 77.2 Å². The van der Waals surface area contributed by atoms with E-state index < -0.39 is 61.1 Å². The second-order valence-electron chi connectivity index (χ2n) is 20.8. The van der Waals surface area contributed by atoms with E-state index in [2.05, 4.69) is 33.0 Å². The zero-order valence-electron chi connectivity index (χ0n) is 38.8. The van der Waals surface area contributed by atoms with Crippen molar-refractivity contribution in [3.63, 3.8) is 0 Å². The Morgan fingerprint density at radius 2 is 1.53 bits per heavy atom. The van der Waals surface area contributed by atoms with Gasteiger partial charge in [0.1, 0.15) is 30.2 Å². The first-order valence-corrected chi connectivity index (χ1v) is 24.2. The van der Waals surface area contributed by atoms with Crippen LogP contribution in [-0.4, -0.2) is 139 Å². The molecule has 6 N–H and O–H groups in total. The SMILES string of the molecule is COc1ccc(C(=O)O[C@H]2[C@H](O[C@@H]3[C@@H](OC(C)=O)[C@H](O[C@H]4CC5C6CC[C@H]7C[C@@H](O)CC[C@]7(C)C6CC[C@]5(C)[C@H]4[C@H](C)CCC[C@@H](C)CNCCO)OC[C@@H]3O)OC[C@@H](O)[C@@H]2O)cc1. The van der Waals surface area contributed by atoms with Crippen LogP contribution in [0.2, 0.25) is 0 Å². The summed E-state index contributed by atoms with van der Waals surface area (Å²) >= 11 is 0. The van der Waals surface area contributed by atoms with Crippen molar-refractivity contribution in [2.75, 3.05) is 40.0 Å². The fourth-order valence-corrected chi connectivity index (χ4v) is 13.5. The number of benzene rings is 1. The van der Waals surface area contributed by atoms with Crippen molar-refractivity contribution in [1.82, 2.24) is 5.32 Å². The minimum absolute atomic E-state index is 0.0220. The Morgan fingerprint density at radius 1 is 0.828 bits per heavy atom. The number of fused-ring (bicyclic) bond motifs is 5. The lowest BCUT2D eigenvalue weighted by atomic mass is 9.44. The third-order valence-electron chi connectivity index (χ3n) is 16.8. The van der Waals surface area contributed by atoms with Gasteiger partial charge in [-0.25, -0.2) is 4.79 Å². The Bertz CT molecular complexity index is 1680. The predicted molar refractivity (Wildman–Crippen MR) is 234 cm³/mol. The maximum atomic E-state index is 13.3. The number of aliphatic hydroxyl groups excluding tert-OH is 5. The number of nitrogens with one attached hydrogen (secondary N) is 1.